The zero-order chi connectivity index (χ0) is 21.3. The summed E-state index contributed by atoms with van der Waals surface area (Å²) in [5.74, 6) is 1.25. The van der Waals surface area contributed by atoms with Crippen molar-refractivity contribution in [3.05, 3.63) is 47.3 Å². The number of methoxy groups -OCH3 is 2. The molecule has 3 aromatic rings. The number of likely N-dealkylation sites (N-methyl/N-ethyl adjacent to an activating group) is 1. The number of carbonyl (C=O) groups excluding carboxylic acids is 2. The third-order valence-corrected chi connectivity index (χ3v) is 5.47. The van der Waals surface area contributed by atoms with Crippen molar-refractivity contribution in [1.82, 2.24) is 4.98 Å². The molecule has 30 heavy (non-hydrogen) atoms. The third-order valence-electron chi connectivity index (χ3n) is 4.71. The van der Waals surface area contributed by atoms with Crippen LogP contribution in [0.25, 0.3) is 11.3 Å². The van der Waals surface area contributed by atoms with E-state index in [0.29, 0.717) is 39.3 Å². The first kappa shape index (κ1) is 19.7. The van der Waals surface area contributed by atoms with Crippen LogP contribution in [0.2, 0.25) is 0 Å². The van der Waals surface area contributed by atoms with Crippen molar-refractivity contribution in [2.24, 2.45) is 0 Å². The zero-order valence-corrected chi connectivity index (χ0v) is 17.4. The quantitative estimate of drug-likeness (QED) is 0.674. The normalized spacial score (nSPS) is 12.8. The van der Waals surface area contributed by atoms with E-state index < -0.39 is 0 Å². The number of aromatic nitrogens is 1. The highest BCUT2D eigenvalue weighted by atomic mass is 32.1. The van der Waals surface area contributed by atoms with Crippen molar-refractivity contribution in [3.8, 4) is 28.5 Å². The van der Waals surface area contributed by atoms with Crippen molar-refractivity contribution in [2.45, 2.75) is 0 Å². The van der Waals surface area contributed by atoms with Crippen LogP contribution in [0, 0.1) is 0 Å². The van der Waals surface area contributed by atoms with Crippen LogP contribution in [-0.2, 0) is 4.79 Å². The Morgan fingerprint density at radius 3 is 2.73 bits per heavy atom. The predicted molar refractivity (Wildman–Crippen MR) is 114 cm³/mol. The van der Waals surface area contributed by atoms with Gasteiger partial charge in [-0.05, 0) is 36.4 Å². The van der Waals surface area contributed by atoms with Gasteiger partial charge in [0.05, 0.1) is 25.6 Å². The minimum atomic E-state index is -0.305. The molecule has 1 N–H and O–H groups in total. The van der Waals surface area contributed by atoms with Gasteiger partial charge in [0, 0.05) is 23.6 Å². The Morgan fingerprint density at radius 1 is 1.17 bits per heavy atom. The van der Waals surface area contributed by atoms with Crippen LogP contribution in [-0.4, -0.2) is 44.7 Å². The van der Waals surface area contributed by atoms with E-state index in [1.54, 1.807) is 30.1 Å². The second-order valence-corrected chi connectivity index (χ2v) is 7.34. The lowest BCUT2D eigenvalue weighted by atomic mass is 10.1. The molecule has 0 fully saturated rings. The molecule has 1 aliphatic rings. The average Bonchev–Trinajstić information content (AvgIpc) is 3.24. The van der Waals surface area contributed by atoms with Crippen molar-refractivity contribution in [3.63, 3.8) is 0 Å². The van der Waals surface area contributed by atoms with E-state index in [1.165, 1.54) is 25.6 Å². The standard InChI is InChI=1S/C21H19N3O5S/c1-24-15-8-12(4-6-16(15)29-10-19(24)25)14-11-30-21(22-14)23-20(26)13-5-7-17(27-2)18(9-13)28-3/h4-9,11H,10H2,1-3H3,(H,22,23,26). The van der Waals surface area contributed by atoms with Crippen LogP contribution in [0.5, 0.6) is 17.2 Å². The zero-order valence-electron chi connectivity index (χ0n) is 16.6. The van der Waals surface area contributed by atoms with E-state index in [9.17, 15) is 9.59 Å². The molecule has 0 atom stereocenters. The number of nitrogens with one attached hydrogen (secondary N) is 1. The number of ether oxygens (including phenoxy) is 3. The number of rotatable bonds is 5. The highest BCUT2D eigenvalue weighted by Crippen LogP contribution is 2.36. The van der Waals surface area contributed by atoms with Crippen LogP contribution >= 0.6 is 11.3 Å². The molecule has 4 rings (SSSR count). The molecule has 1 aliphatic heterocycles. The highest BCUT2D eigenvalue weighted by Gasteiger charge is 2.23. The van der Waals surface area contributed by atoms with Gasteiger partial charge in [-0.15, -0.1) is 11.3 Å². The van der Waals surface area contributed by atoms with Gasteiger partial charge in [-0.1, -0.05) is 0 Å². The fourth-order valence-electron chi connectivity index (χ4n) is 3.04. The summed E-state index contributed by atoms with van der Waals surface area (Å²) in [5.41, 5.74) is 2.63. The first-order chi connectivity index (χ1) is 14.5. The lowest BCUT2D eigenvalue weighted by molar-refractivity contribution is -0.120. The highest BCUT2D eigenvalue weighted by molar-refractivity contribution is 7.14. The maximum atomic E-state index is 12.6. The monoisotopic (exact) mass is 425 g/mol. The van der Waals surface area contributed by atoms with Gasteiger partial charge in [-0.25, -0.2) is 4.98 Å². The van der Waals surface area contributed by atoms with Gasteiger partial charge in [0.2, 0.25) is 0 Å². The molecule has 2 heterocycles. The van der Waals surface area contributed by atoms with E-state index in [4.69, 9.17) is 14.2 Å². The van der Waals surface area contributed by atoms with Crippen molar-refractivity contribution in [1.29, 1.82) is 0 Å². The number of hydrogen-bond acceptors (Lipinski definition) is 7. The van der Waals surface area contributed by atoms with E-state index in [0.717, 1.165) is 5.56 Å². The Balaban J connectivity index is 1.54. The summed E-state index contributed by atoms with van der Waals surface area (Å²) in [6.45, 7) is 0.0336. The van der Waals surface area contributed by atoms with E-state index in [1.807, 2.05) is 23.6 Å². The second kappa shape index (κ2) is 8.03. The molecule has 0 radical (unpaired) electrons. The number of amides is 2. The van der Waals surface area contributed by atoms with E-state index in [-0.39, 0.29) is 18.4 Å². The maximum absolute atomic E-state index is 12.6. The molecule has 2 aromatic carbocycles. The third kappa shape index (κ3) is 3.67. The van der Waals surface area contributed by atoms with Gasteiger partial charge < -0.3 is 19.1 Å². The van der Waals surface area contributed by atoms with Crippen LogP contribution in [0.3, 0.4) is 0 Å². The molecule has 9 heteroatoms. The molecule has 0 unspecified atom stereocenters. The Labute approximate surface area is 177 Å². The number of thiazole rings is 1. The van der Waals surface area contributed by atoms with Crippen LogP contribution in [0.15, 0.2) is 41.8 Å². The number of anilines is 2. The van der Waals surface area contributed by atoms with Gasteiger partial charge in [-0.3, -0.25) is 14.9 Å². The van der Waals surface area contributed by atoms with Crippen molar-refractivity contribution in [2.75, 3.05) is 38.1 Å². The molecule has 0 saturated carbocycles. The fourth-order valence-corrected chi connectivity index (χ4v) is 3.76. The largest absolute Gasteiger partial charge is 0.493 e. The molecule has 0 aliphatic carbocycles. The number of fused-ring (bicyclic) bond motifs is 1. The lowest BCUT2D eigenvalue weighted by Crippen LogP contribution is -2.35. The van der Waals surface area contributed by atoms with E-state index in [2.05, 4.69) is 10.3 Å². The van der Waals surface area contributed by atoms with Crippen molar-refractivity contribution >= 4 is 34.0 Å². The molecule has 1 aromatic heterocycles. The number of nitrogens with zero attached hydrogens (tertiary/aromatic N) is 2. The molecular formula is C21H19N3O5S. The number of carbonyl (C=O) groups is 2. The second-order valence-electron chi connectivity index (χ2n) is 6.49. The summed E-state index contributed by atoms with van der Waals surface area (Å²) in [6, 6.07) is 10.5. The summed E-state index contributed by atoms with van der Waals surface area (Å²) >= 11 is 1.31. The van der Waals surface area contributed by atoms with Crippen LogP contribution in [0.1, 0.15) is 10.4 Å². The smallest absolute Gasteiger partial charge is 0.264 e. The Kier molecular flexibility index (Phi) is 5.28. The SMILES string of the molecule is COc1ccc(C(=O)Nc2nc(-c3ccc4c(c3)N(C)C(=O)CO4)cs2)cc1OC. The van der Waals surface area contributed by atoms with Gasteiger partial charge in [0.1, 0.15) is 5.75 Å². The minimum Gasteiger partial charge on any atom is -0.493 e. The Hall–Kier alpha value is -3.59. The summed E-state index contributed by atoms with van der Waals surface area (Å²) in [5, 5.41) is 5.10. The number of benzene rings is 2. The molecule has 0 spiro atoms. The summed E-state index contributed by atoms with van der Waals surface area (Å²) < 4.78 is 15.9. The molecule has 0 bridgehead atoms. The van der Waals surface area contributed by atoms with Crippen LogP contribution in [0.4, 0.5) is 10.8 Å². The van der Waals surface area contributed by atoms with Gasteiger partial charge in [0.25, 0.3) is 11.8 Å². The molecular weight excluding hydrogens is 406 g/mol. The molecule has 8 nitrogen and oxygen atoms in total. The first-order valence-electron chi connectivity index (χ1n) is 9.03. The van der Waals surface area contributed by atoms with Gasteiger partial charge >= 0.3 is 0 Å². The number of hydrogen-bond donors (Lipinski definition) is 1. The van der Waals surface area contributed by atoms with Gasteiger partial charge in [-0.2, -0.15) is 0 Å². The molecule has 2 amide bonds. The topological polar surface area (TPSA) is 90.0 Å². The Morgan fingerprint density at radius 2 is 1.97 bits per heavy atom. The fraction of sp³-hybridized carbons (Fsp3) is 0.190. The average molecular weight is 425 g/mol. The maximum Gasteiger partial charge on any atom is 0.264 e. The minimum absolute atomic E-state index is 0.0336. The summed E-state index contributed by atoms with van der Waals surface area (Å²) in [7, 11) is 4.76. The lowest BCUT2D eigenvalue weighted by Gasteiger charge is -2.26. The van der Waals surface area contributed by atoms with E-state index >= 15 is 0 Å². The first-order valence-corrected chi connectivity index (χ1v) is 9.91. The van der Waals surface area contributed by atoms with Crippen molar-refractivity contribution < 1.29 is 23.8 Å². The summed E-state index contributed by atoms with van der Waals surface area (Å²) in [6.07, 6.45) is 0. The molecule has 0 saturated heterocycles. The molecule has 154 valence electrons. The van der Waals surface area contributed by atoms with Crippen LogP contribution < -0.4 is 24.4 Å². The predicted octanol–water partition coefficient (Wildman–Crippen LogP) is 3.43. The summed E-state index contributed by atoms with van der Waals surface area (Å²) in [4.78, 5) is 30.5. The van der Waals surface area contributed by atoms with Gasteiger partial charge in [0.15, 0.2) is 23.2 Å². The Bertz CT molecular complexity index is 1130.